The maximum atomic E-state index is 12.3. The lowest BCUT2D eigenvalue weighted by atomic mass is 10.3. The van der Waals surface area contributed by atoms with Gasteiger partial charge in [0.25, 0.3) is 0 Å². The number of benzene rings is 1. The third-order valence-corrected chi connectivity index (χ3v) is 5.29. The van der Waals surface area contributed by atoms with Crippen LogP contribution in [0.4, 0.5) is 0 Å². The van der Waals surface area contributed by atoms with Gasteiger partial charge in [0.05, 0.1) is 17.8 Å². The average molecular weight is 402 g/mol. The van der Waals surface area contributed by atoms with Crippen molar-refractivity contribution in [3.05, 3.63) is 63.8 Å². The molecule has 0 N–H and O–H groups in total. The van der Waals surface area contributed by atoms with E-state index in [1.807, 2.05) is 16.8 Å². The van der Waals surface area contributed by atoms with Gasteiger partial charge in [-0.2, -0.15) is 0 Å². The van der Waals surface area contributed by atoms with E-state index >= 15 is 0 Å². The minimum Gasteiger partial charge on any atom is -0.500 e. The summed E-state index contributed by atoms with van der Waals surface area (Å²) in [6.07, 6.45) is 2.12. The molecular formula is C19H18N2O4S2. The number of esters is 1. The largest absolute Gasteiger partial charge is 0.500 e. The molecule has 2 aromatic heterocycles. The Bertz CT molecular complexity index is 919. The Morgan fingerprint density at radius 2 is 1.96 bits per heavy atom. The van der Waals surface area contributed by atoms with E-state index < -0.39 is 5.97 Å². The molecule has 0 atom stereocenters. The van der Waals surface area contributed by atoms with E-state index in [0.29, 0.717) is 11.4 Å². The molecule has 0 aliphatic carbocycles. The fraction of sp³-hybridized carbons (Fsp3) is 0.211. The summed E-state index contributed by atoms with van der Waals surface area (Å²) in [6, 6.07) is 8.77. The van der Waals surface area contributed by atoms with E-state index in [4.69, 9.17) is 14.2 Å². The summed E-state index contributed by atoms with van der Waals surface area (Å²) in [5.74, 6) is -0.234. The summed E-state index contributed by atoms with van der Waals surface area (Å²) in [7, 11) is 1.44. The van der Waals surface area contributed by atoms with Gasteiger partial charge in [0, 0.05) is 10.8 Å². The number of aryl methyl sites for hydroxylation is 1. The molecule has 8 heteroatoms. The highest BCUT2D eigenvalue weighted by atomic mass is 32.1. The maximum Gasteiger partial charge on any atom is 0.382 e. The lowest BCUT2D eigenvalue weighted by Crippen LogP contribution is -2.14. The molecule has 0 bridgehead atoms. The molecule has 0 fully saturated rings. The summed E-state index contributed by atoms with van der Waals surface area (Å²) in [5.41, 5.74) is 1.57. The van der Waals surface area contributed by atoms with Crippen LogP contribution in [-0.2, 0) is 27.3 Å². The summed E-state index contributed by atoms with van der Waals surface area (Å²) >= 11 is 3.11. The lowest BCUT2D eigenvalue weighted by molar-refractivity contribution is -0.134. The zero-order valence-corrected chi connectivity index (χ0v) is 16.5. The molecule has 0 saturated heterocycles. The first-order valence-corrected chi connectivity index (χ1v) is 9.97. The quantitative estimate of drug-likeness (QED) is 0.240. The SMILES string of the molecule is CCc1nc(-c2nc(COC(=COC)C(=O)Oc3ccccc3)cs2)cs1. The first kappa shape index (κ1) is 19.1. The predicted octanol–water partition coefficient (Wildman–Crippen LogP) is 4.44. The van der Waals surface area contributed by atoms with Gasteiger partial charge in [0.2, 0.25) is 5.76 Å². The van der Waals surface area contributed by atoms with Crippen molar-refractivity contribution < 1.29 is 19.0 Å². The topological polar surface area (TPSA) is 70.5 Å². The fourth-order valence-electron chi connectivity index (χ4n) is 2.11. The van der Waals surface area contributed by atoms with Crippen molar-refractivity contribution in [1.82, 2.24) is 9.97 Å². The van der Waals surface area contributed by atoms with Crippen molar-refractivity contribution in [3.8, 4) is 16.5 Å². The number of methoxy groups -OCH3 is 1. The van der Waals surface area contributed by atoms with E-state index in [0.717, 1.165) is 22.1 Å². The number of thiazole rings is 2. The van der Waals surface area contributed by atoms with Gasteiger partial charge in [-0.15, -0.1) is 22.7 Å². The first-order chi connectivity index (χ1) is 13.2. The molecule has 6 nitrogen and oxygen atoms in total. The van der Waals surface area contributed by atoms with E-state index in [2.05, 4.69) is 16.9 Å². The van der Waals surface area contributed by atoms with Gasteiger partial charge < -0.3 is 14.2 Å². The molecule has 3 aromatic rings. The van der Waals surface area contributed by atoms with Crippen molar-refractivity contribution in [3.63, 3.8) is 0 Å². The van der Waals surface area contributed by atoms with Crippen LogP contribution in [0.2, 0.25) is 0 Å². The highest BCUT2D eigenvalue weighted by Crippen LogP contribution is 2.26. The third kappa shape index (κ3) is 5.15. The van der Waals surface area contributed by atoms with Crippen molar-refractivity contribution in [1.29, 1.82) is 0 Å². The van der Waals surface area contributed by atoms with Crippen LogP contribution in [0, 0.1) is 0 Å². The molecule has 0 amide bonds. The molecule has 27 heavy (non-hydrogen) atoms. The Balaban J connectivity index is 1.63. The number of carbonyl (C=O) groups excluding carboxylic acids is 1. The number of nitrogens with zero attached hydrogens (tertiary/aromatic N) is 2. The number of hydrogen-bond acceptors (Lipinski definition) is 8. The summed E-state index contributed by atoms with van der Waals surface area (Å²) in [4.78, 5) is 21.3. The van der Waals surface area contributed by atoms with Gasteiger partial charge in [-0.05, 0) is 18.6 Å². The highest BCUT2D eigenvalue weighted by Gasteiger charge is 2.16. The van der Waals surface area contributed by atoms with Crippen LogP contribution >= 0.6 is 22.7 Å². The van der Waals surface area contributed by atoms with Gasteiger partial charge in [-0.3, -0.25) is 0 Å². The summed E-state index contributed by atoms with van der Waals surface area (Å²) in [5, 5.41) is 5.78. The normalized spacial score (nSPS) is 11.3. The number of aromatic nitrogens is 2. The van der Waals surface area contributed by atoms with E-state index in [-0.39, 0.29) is 12.4 Å². The van der Waals surface area contributed by atoms with Crippen molar-refractivity contribution in [2.24, 2.45) is 0 Å². The van der Waals surface area contributed by atoms with Crippen LogP contribution < -0.4 is 4.74 Å². The Morgan fingerprint density at radius 3 is 2.67 bits per heavy atom. The van der Waals surface area contributed by atoms with Gasteiger partial charge in [0.1, 0.15) is 29.3 Å². The van der Waals surface area contributed by atoms with Crippen molar-refractivity contribution >= 4 is 28.6 Å². The minimum absolute atomic E-state index is 0.0298. The predicted molar refractivity (Wildman–Crippen MR) is 105 cm³/mol. The van der Waals surface area contributed by atoms with Crippen LogP contribution in [0.25, 0.3) is 10.7 Å². The number of ether oxygens (including phenoxy) is 3. The van der Waals surface area contributed by atoms with Crippen LogP contribution in [-0.4, -0.2) is 23.0 Å². The Hall–Kier alpha value is -2.71. The second-order valence-corrected chi connectivity index (χ2v) is 7.13. The zero-order valence-electron chi connectivity index (χ0n) is 14.9. The van der Waals surface area contributed by atoms with E-state index in [1.54, 1.807) is 35.6 Å². The summed E-state index contributed by atoms with van der Waals surface area (Å²) < 4.78 is 15.8. The van der Waals surface area contributed by atoms with Gasteiger partial charge in [0.15, 0.2) is 0 Å². The van der Waals surface area contributed by atoms with Crippen molar-refractivity contribution in [2.45, 2.75) is 20.0 Å². The molecule has 0 aliphatic heterocycles. The second-order valence-electron chi connectivity index (χ2n) is 5.33. The molecule has 0 saturated carbocycles. The first-order valence-electron chi connectivity index (χ1n) is 8.21. The third-order valence-electron chi connectivity index (χ3n) is 3.38. The molecule has 0 radical (unpaired) electrons. The van der Waals surface area contributed by atoms with Crippen LogP contribution in [0.5, 0.6) is 5.75 Å². The molecule has 0 spiro atoms. The minimum atomic E-state index is -0.634. The molecule has 0 unspecified atom stereocenters. The van der Waals surface area contributed by atoms with E-state index in [1.165, 1.54) is 24.7 Å². The number of para-hydroxylation sites is 1. The van der Waals surface area contributed by atoms with E-state index in [9.17, 15) is 4.79 Å². The molecule has 1 aromatic carbocycles. The zero-order chi connectivity index (χ0) is 19.1. The molecule has 140 valence electrons. The summed E-state index contributed by atoms with van der Waals surface area (Å²) in [6.45, 7) is 2.20. The monoisotopic (exact) mass is 402 g/mol. The smallest absolute Gasteiger partial charge is 0.382 e. The van der Waals surface area contributed by atoms with Gasteiger partial charge in [-0.25, -0.2) is 14.8 Å². The Kier molecular flexibility index (Phi) is 6.56. The highest BCUT2D eigenvalue weighted by molar-refractivity contribution is 7.14. The van der Waals surface area contributed by atoms with Crippen LogP contribution in [0.1, 0.15) is 17.6 Å². The lowest BCUT2D eigenvalue weighted by Gasteiger charge is -2.08. The van der Waals surface area contributed by atoms with Crippen LogP contribution in [0.3, 0.4) is 0 Å². The standard InChI is InChI=1S/C19H18N2O4S2/c1-3-17-21-15(12-26-17)18-20-13(11-27-18)9-24-16(10-23-2)19(22)25-14-7-5-4-6-8-14/h4-8,10-12H,3,9H2,1-2H3. The average Bonchev–Trinajstić information content (AvgIpc) is 3.35. The second kappa shape index (κ2) is 9.29. The maximum absolute atomic E-state index is 12.3. The molecule has 0 aliphatic rings. The molecular weight excluding hydrogens is 384 g/mol. The Morgan fingerprint density at radius 1 is 1.15 bits per heavy atom. The van der Waals surface area contributed by atoms with Gasteiger partial charge >= 0.3 is 5.97 Å². The number of hydrogen-bond donors (Lipinski definition) is 0. The molecule has 2 heterocycles. The van der Waals surface area contributed by atoms with Crippen LogP contribution in [0.15, 0.2) is 53.1 Å². The van der Waals surface area contributed by atoms with Crippen molar-refractivity contribution in [2.75, 3.05) is 7.11 Å². The van der Waals surface area contributed by atoms with Gasteiger partial charge in [-0.1, -0.05) is 25.1 Å². The number of carbonyl (C=O) groups is 1. The molecule has 3 rings (SSSR count). The fourth-order valence-corrected chi connectivity index (χ4v) is 3.68. The number of rotatable bonds is 8. The Labute approximate surface area is 165 Å².